The third-order valence-electron chi connectivity index (χ3n) is 4.50. The molecular formula is C15H21N3. The molecule has 0 atom stereocenters. The number of fused-ring (bicyclic) bond motifs is 1. The molecule has 1 aromatic carbocycles. The number of aromatic nitrogens is 1. The highest BCUT2D eigenvalue weighted by Crippen LogP contribution is 2.38. The van der Waals surface area contributed by atoms with Crippen LogP contribution < -0.4 is 5.73 Å². The number of hydrogen-bond donors (Lipinski definition) is 2. The zero-order chi connectivity index (χ0) is 12.6. The van der Waals surface area contributed by atoms with E-state index >= 15 is 0 Å². The molecule has 0 radical (unpaired) electrons. The predicted molar refractivity (Wildman–Crippen MR) is 75.8 cm³/mol. The lowest BCUT2D eigenvalue weighted by Gasteiger charge is -2.40. The van der Waals surface area contributed by atoms with Crippen molar-refractivity contribution < 1.29 is 0 Å². The summed E-state index contributed by atoms with van der Waals surface area (Å²) in [5.41, 5.74) is 8.92. The van der Waals surface area contributed by atoms with Crippen LogP contribution in [0.3, 0.4) is 0 Å². The van der Waals surface area contributed by atoms with Gasteiger partial charge in [0.2, 0.25) is 0 Å². The van der Waals surface area contributed by atoms with Crippen LogP contribution >= 0.6 is 0 Å². The summed E-state index contributed by atoms with van der Waals surface area (Å²) < 4.78 is 0. The zero-order valence-electron chi connectivity index (χ0n) is 10.9. The van der Waals surface area contributed by atoms with Gasteiger partial charge in [-0.05, 0) is 44.6 Å². The lowest BCUT2D eigenvalue weighted by atomic mass is 9.73. The number of rotatable bonds is 2. The molecule has 0 amide bonds. The van der Waals surface area contributed by atoms with Crippen LogP contribution in [-0.4, -0.2) is 36.6 Å². The third kappa shape index (κ3) is 1.74. The van der Waals surface area contributed by atoms with Crippen molar-refractivity contribution in [1.29, 1.82) is 0 Å². The van der Waals surface area contributed by atoms with Crippen molar-refractivity contribution in [3.8, 4) is 0 Å². The van der Waals surface area contributed by atoms with Gasteiger partial charge in [-0.1, -0.05) is 18.2 Å². The fourth-order valence-corrected chi connectivity index (χ4v) is 3.14. The van der Waals surface area contributed by atoms with Crippen molar-refractivity contribution in [2.75, 3.05) is 26.7 Å². The largest absolute Gasteiger partial charge is 0.361 e. The molecule has 2 aromatic rings. The number of likely N-dealkylation sites (tertiary alicyclic amines) is 1. The van der Waals surface area contributed by atoms with Crippen LogP contribution in [0.1, 0.15) is 18.4 Å². The van der Waals surface area contributed by atoms with E-state index < -0.39 is 0 Å². The highest BCUT2D eigenvalue weighted by atomic mass is 15.1. The molecule has 3 N–H and O–H groups in total. The van der Waals surface area contributed by atoms with Gasteiger partial charge in [0.1, 0.15) is 0 Å². The Morgan fingerprint density at radius 3 is 2.72 bits per heavy atom. The number of benzene rings is 1. The second-order valence-corrected chi connectivity index (χ2v) is 5.54. The van der Waals surface area contributed by atoms with E-state index in [0.717, 1.165) is 32.5 Å². The molecule has 1 aromatic heterocycles. The fourth-order valence-electron chi connectivity index (χ4n) is 3.14. The average Bonchev–Trinajstić information content (AvgIpc) is 2.85. The van der Waals surface area contributed by atoms with Crippen molar-refractivity contribution in [2.45, 2.75) is 18.3 Å². The smallest absolute Gasteiger partial charge is 0.0457 e. The van der Waals surface area contributed by atoms with Crippen molar-refractivity contribution in [3.05, 3.63) is 36.0 Å². The first-order valence-corrected chi connectivity index (χ1v) is 6.70. The van der Waals surface area contributed by atoms with Crippen LogP contribution in [0.15, 0.2) is 30.5 Å². The SMILES string of the molecule is CN1CCC(CN)(c2c[nH]c3ccccc23)CC1. The molecule has 0 unspecified atom stereocenters. The van der Waals surface area contributed by atoms with Gasteiger partial charge in [0, 0.05) is 29.1 Å². The number of para-hydroxylation sites is 1. The Kier molecular flexibility index (Phi) is 2.88. The normalized spacial score (nSPS) is 20.3. The quantitative estimate of drug-likeness (QED) is 0.848. The average molecular weight is 243 g/mol. The summed E-state index contributed by atoms with van der Waals surface area (Å²) in [4.78, 5) is 5.78. The number of aromatic amines is 1. The molecule has 3 nitrogen and oxygen atoms in total. The van der Waals surface area contributed by atoms with Gasteiger partial charge >= 0.3 is 0 Å². The van der Waals surface area contributed by atoms with E-state index in [-0.39, 0.29) is 5.41 Å². The number of hydrogen-bond acceptors (Lipinski definition) is 2. The van der Waals surface area contributed by atoms with E-state index in [2.05, 4.69) is 47.4 Å². The first-order chi connectivity index (χ1) is 8.75. The molecule has 1 aliphatic rings. The van der Waals surface area contributed by atoms with Gasteiger partial charge in [-0.3, -0.25) is 0 Å². The van der Waals surface area contributed by atoms with Crippen molar-refractivity contribution in [2.24, 2.45) is 5.73 Å². The van der Waals surface area contributed by atoms with E-state index in [1.54, 1.807) is 0 Å². The van der Waals surface area contributed by atoms with Gasteiger partial charge in [-0.25, -0.2) is 0 Å². The second-order valence-electron chi connectivity index (χ2n) is 5.54. The van der Waals surface area contributed by atoms with Gasteiger partial charge in [-0.15, -0.1) is 0 Å². The maximum Gasteiger partial charge on any atom is 0.0457 e. The summed E-state index contributed by atoms with van der Waals surface area (Å²) in [5.74, 6) is 0. The van der Waals surface area contributed by atoms with Crippen LogP contribution in [-0.2, 0) is 5.41 Å². The fraction of sp³-hybridized carbons (Fsp3) is 0.467. The molecule has 0 aliphatic carbocycles. The lowest BCUT2D eigenvalue weighted by Crippen LogP contribution is -2.45. The molecule has 1 fully saturated rings. The summed E-state index contributed by atoms with van der Waals surface area (Å²) in [6.07, 6.45) is 4.48. The molecule has 2 heterocycles. The highest BCUT2D eigenvalue weighted by Gasteiger charge is 2.35. The minimum atomic E-state index is 0.159. The first kappa shape index (κ1) is 11.8. The Hall–Kier alpha value is -1.32. The molecule has 1 aliphatic heterocycles. The number of piperidine rings is 1. The van der Waals surface area contributed by atoms with Crippen molar-refractivity contribution >= 4 is 10.9 Å². The Labute approximate surface area is 108 Å². The highest BCUT2D eigenvalue weighted by molar-refractivity contribution is 5.84. The van der Waals surface area contributed by atoms with Crippen LogP contribution in [0, 0.1) is 0 Å². The van der Waals surface area contributed by atoms with E-state index in [4.69, 9.17) is 5.73 Å². The molecule has 18 heavy (non-hydrogen) atoms. The first-order valence-electron chi connectivity index (χ1n) is 6.70. The second kappa shape index (κ2) is 4.41. The molecule has 3 heteroatoms. The predicted octanol–water partition coefficient (Wildman–Crippen LogP) is 2.09. The van der Waals surface area contributed by atoms with Crippen molar-refractivity contribution in [1.82, 2.24) is 9.88 Å². The minimum absolute atomic E-state index is 0.159. The lowest BCUT2D eigenvalue weighted by molar-refractivity contribution is 0.193. The Morgan fingerprint density at radius 1 is 1.28 bits per heavy atom. The Balaban J connectivity index is 2.06. The van der Waals surface area contributed by atoms with Crippen LogP contribution in [0.4, 0.5) is 0 Å². The van der Waals surface area contributed by atoms with Gasteiger partial charge in [-0.2, -0.15) is 0 Å². The van der Waals surface area contributed by atoms with Gasteiger partial charge < -0.3 is 15.6 Å². The van der Waals surface area contributed by atoms with Crippen LogP contribution in [0.5, 0.6) is 0 Å². The monoisotopic (exact) mass is 243 g/mol. The van der Waals surface area contributed by atoms with Crippen LogP contribution in [0.25, 0.3) is 10.9 Å². The van der Waals surface area contributed by atoms with E-state index in [9.17, 15) is 0 Å². The molecular weight excluding hydrogens is 222 g/mol. The molecule has 0 bridgehead atoms. The summed E-state index contributed by atoms with van der Waals surface area (Å²) >= 11 is 0. The van der Waals surface area contributed by atoms with E-state index in [0.29, 0.717) is 0 Å². The third-order valence-corrected chi connectivity index (χ3v) is 4.50. The van der Waals surface area contributed by atoms with E-state index in [1.807, 2.05) is 0 Å². The summed E-state index contributed by atoms with van der Waals surface area (Å²) in [5, 5.41) is 1.34. The molecule has 0 saturated carbocycles. The maximum atomic E-state index is 6.13. The topological polar surface area (TPSA) is 45.0 Å². The number of nitrogens with two attached hydrogens (primary N) is 1. The van der Waals surface area contributed by atoms with Gasteiger partial charge in [0.15, 0.2) is 0 Å². The Morgan fingerprint density at radius 2 is 2.00 bits per heavy atom. The standard InChI is InChI=1S/C15H21N3/c1-18-8-6-15(11-16,7-9-18)13-10-17-14-5-3-2-4-12(13)14/h2-5,10,17H,6-9,11,16H2,1H3. The summed E-state index contributed by atoms with van der Waals surface area (Å²) in [6.45, 7) is 3.01. The number of nitrogens with zero attached hydrogens (tertiary/aromatic N) is 1. The molecule has 3 rings (SSSR count). The number of H-pyrrole nitrogens is 1. The van der Waals surface area contributed by atoms with E-state index in [1.165, 1.54) is 16.5 Å². The van der Waals surface area contributed by atoms with Gasteiger partial charge in [0.25, 0.3) is 0 Å². The maximum absolute atomic E-state index is 6.13. The molecule has 1 saturated heterocycles. The van der Waals surface area contributed by atoms with Crippen LogP contribution in [0.2, 0.25) is 0 Å². The zero-order valence-corrected chi connectivity index (χ0v) is 10.9. The molecule has 0 spiro atoms. The summed E-state index contributed by atoms with van der Waals surface area (Å²) in [7, 11) is 2.19. The minimum Gasteiger partial charge on any atom is -0.361 e. The van der Waals surface area contributed by atoms with Crippen molar-refractivity contribution in [3.63, 3.8) is 0 Å². The number of nitrogens with one attached hydrogen (secondary N) is 1. The van der Waals surface area contributed by atoms with Gasteiger partial charge in [0.05, 0.1) is 0 Å². The summed E-state index contributed by atoms with van der Waals surface area (Å²) in [6, 6.07) is 8.53. The Bertz CT molecular complexity index is 535. The molecule has 96 valence electrons.